The molecule has 0 saturated carbocycles. The summed E-state index contributed by atoms with van der Waals surface area (Å²) in [5, 5.41) is 14.8. The van der Waals surface area contributed by atoms with E-state index < -0.39 is 10.8 Å². The van der Waals surface area contributed by atoms with Crippen LogP contribution in [0.5, 0.6) is 11.5 Å². The highest BCUT2D eigenvalue weighted by atomic mass is 32.1. The van der Waals surface area contributed by atoms with E-state index >= 15 is 0 Å². The number of hydrogen-bond donors (Lipinski definition) is 2. The molecular formula is C21H18N4O5S. The molecule has 2 aromatic carbocycles. The van der Waals surface area contributed by atoms with Gasteiger partial charge in [0.1, 0.15) is 0 Å². The molecule has 0 aliphatic rings. The predicted molar refractivity (Wildman–Crippen MR) is 118 cm³/mol. The standard InChI is InChI=1S/C21H18N4O5S/c1-11-19(12-4-7-17(29-2)18(8-12)30-3)23-21(31-11)24-20(26)15-10-22-16-6-5-13(25(27)28)9-14(15)16/h4-10,22H,1-3H3,(H,23,24,26). The summed E-state index contributed by atoms with van der Waals surface area (Å²) in [4.78, 5) is 31.9. The van der Waals surface area contributed by atoms with E-state index in [2.05, 4.69) is 15.3 Å². The van der Waals surface area contributed by atoms with E-state index in [1.165, 1.54) is 29.7 Å². The van der Waals surface area contributed by atoms with E-state index in [-0.39, 0.29) is 5.69 Å². The molecule has 4 rings (SSSR count). The monoisotopic (exact) mass is 438 g/mol. The molecule has 0 radical (unpaired) electrons. The molecule has 2 aromatic heterocycles. The number of H-pyrrole nitrogens is 1. The van der Waals surface area contributed by atoms with Crippen LogP contribution in [-0.4, -0.2) is 35.0 Å². The van der Waals surface area contributed by atoms with Crippen LogP contribution in [-0.2, 0) is 0 Å². The van der Waals surface area contributed by atoms with Gasteiger partial charge >= 0.3 is 0 Å². The molecule has 9 nitrogen and oxygen atoms in total. The number of aromatic amines is 1. The van der Waals surface area contributed by atoms with Gasteiger partial charge in [-0.15, -0.1) is 11.3 Å². The predicted octanol–water partition coefficient (Wildman–Crippen LogP) is 4.78. The fraction of sp³-hybridized carbons (Fsp3) is 0.143. The van der Waals surface area contributed by atoms with Gasteiger partial charge in [-0.05, 0) is 31.2 Å². The first kappa shape index (κ1) is 20.4. The second kappa shape index (κ2) is 8.07. The Bertz CT molecular complexity index is 1310. The molecule has 1 amide bonds. The lowest BCUT2D eigenvalue weighted by atomic mass is 10.1. The van der Waals surface area contributed by atoms with Crippen molar-refractivity contribution < 1.29 is 19.2 Å². The highest BCUT2D eigenvalue weighted by Crippen LogP contribution is 2.36. The van der Waals surface area contributed by atoms with Crippen LogP contribution in [0.25, 0.3) is 22.2 Å². The van der Waals surface area contributed by atoms with Gasteiger partial charge in [0.05, 0.1) is 30.4 Å². The van der Waals surface area contributed by atoms with Gasteiger partial charge in [-0.2, -0.15) is 0 Å². The van der Waals surface area contributed by atoms with Crippen molar-refractivity contribution in [3.05, 3.63) is 63.1 Å². The number of thiazole rings is 1. The number of hydrogen-bond acceptors (Lipinski definition) is 7. The maximum absolute atomic E-state index is 12.8. The summed E-state index contributed by atoms with van der Waals surface area (Å²) in [7, 11) is 3.13. The Morgan fingerprint density at radius 1 is 1.16 bits per heavy atom. The first-order chi connectivity index (χ1) is 14.9. The summed E-state index contributed by atoms with van der Waals surface area (Å²) in [6, 6.07) is 9.83. The quantitative estimate of drug-likeness (QED) is 0.330. The molecule has 0 unspecified atom stereocenters. The number of anilines is 1. The van der Waals surface area contributed by atoms with Crippen LogP contribution in [0.4, 0.5) is 10.8 Å². The molecule has 10 heteroatoms. The van der Waals surface area contributed by atoms with Crippen molar-refractivity contribution >= 4 is 39.0 Å². The van der Waals surface area contributed by atoms with Gasteiger partial charge in [0, 0.05) is 39.7 Å². The Labute approximate surface area is 180 Å². The van der Waals surface area contributed by atoms with E-state index in [1.54, 1.807) is 26.4 Å². The molecule has 0 aliphatic heterocycles. The van der Waals surface area contributed by atoms with Gasteiger partial charge in [0.25, 0.3) is 11.6 Å². The molecular weight excluding hydrogens is 420 g/mol. The Morgan fingerprint density at radius 2 is 1.94 bits per heavy atom. The number of methoxy groups -OCH3 is 2. The van der Waals surface area contributed by atoms with Crippen molar-refractivity contribution in [2.24, 2.45) is 0 Å². The number of carbonyl (C=O) groups excluding carboxylic acids is 1. The van der Waals surface area contributed by atoms with Crippen LogP contribution in [0.15, 0.2) is 42.6 Å². The molecule has 0 fully saturated rings. The number of non-ortho nitro benzene ring substituents is 1. The Kier molecular flexibility index (Phi) is 5.30. The highest BCUT2D eigenvalue weighted by Gasteiger charge is 2.18. The minimum absolute atomic E-state index is 0.0815. The number of fused-ring (bicyclic) bond motifs is 1. The molecule has 0 aliphatic carbocycles. The second-order valence-electron chi connectivity index (χ2n) is 6.64. The van der Waals surface area contributed by atoms with Crippen molar-refractivity contribution in [2.45, 2.75) is 6.92 Å². The summed E-state index contributed by atoms with van der Waals surface area (Å²) < 4.78 is 10.6. The third kappa shape index (κ3) is 3.80. The lowest BCUT2D eigenvalue weighted by Crippen LogP contribution is -2.11. The van der Waals surface area contributed by atoms with Crippen molar-refractivity contribution in [3.63, 3.8) is 0 Å². The average molecular weight is 438 g/mol. The van der Waals surface area contributed by atoms with Gasteiger partial charge in [-0.1, -0.05) is 0 Å². The van der Waals surface area contributed by atoms with Gasteiger partial charge in [0.15, 0.2) is 16.6 Å². The number of benzene rings is 2. The van der Waals surface area contributed by atoms with Crippen LogP contribution in [0.1, 0.15) is 15.2 Å². The van der Waals surface area contributed by atoms with Crippen molar-refractivity contribution in [3.8, 4) is 22.8 Å². The van der Waals surface area contributed by atoms with E-state index in [1.807, 2.05) is 19.1 Å². The Hall–Kier alpha value is -3.92. The minimum atomic E-state index is -0.492. The maximum Gasteiger partial charge on any atom is 0.270 e. The van der Waals surface area contributed by atoms with Crippen LogP contribution in [0.2, 0.25) is 0 Å². The van der Waals surface area contributed by atoms with Crippen LogP contribution in [0.3, 0.4) is 0 Å². The van der Waals surface area contributed by atoms with Crippen molar-refractivity contribution in [1.29, 1.82) is 0 Å². The molecule has 2 N–H and O–H groups in total. The number of rotatable bonds is 6. The number of aryl methyl sites for hydroxylation is 1. The van der Waals surface area contributed by atoms with E-state index in [4.69, 9.17) is 9.47 Å². The van der Waals surface area contributed by atoms with Crippen molar-refractivity contribution in [1.82, 2.24) is 9.97 Å². The fourth-order valence-electron chi connectivity index (χ4n) is 3.28. The largest absolute Gasteiger partial charge is 0.493 e. The minimum Gasteiger partial charge on any atom is -0.493 e. The van der Waals surface area contributed by atoms with Gasteiger partial charge in [-0.3, -0.25) is 20.2 Å². The SMILES string of the molecule is COc1ccc(-c2nc(NC(=O)c3c[nH]c4ccc([N+](=O)[O-])cc34)sc2C)cc1OC. The highest BCUT2D eigenvalue weighted by molar-refractivity contribution is 7.16. The molecule has 0 saturated heterocycles. The molecule has 0 atom stereocenters. The first-order valence-corrected chi connectivity index (χ1v) is 9.99. The fourth-order valence-corrected chi connectivity index (χ4v) is 4.11. The number of nitrogens with one attached hydrogen (secondary N) is 2. The Morgan fingerprint density at radius 3 is 2.65 bits per heavy atom. The van der Waals surface area contributed by atoms with E-state index in [9.17, 15) is 14.9 Å². The summed E-state index contributed by atoms with van der Waals surface area (Å²) in [6.07, 6.45) is 1.53. The normalized spacial score (nSPS) is 10.8. The zero-order valence-corrected chi connectivity index (χ0v) is 17.7. The smallest absolute Gasteiger partial charge is 0.270 e. The van der Waals surface area contributed by atoms with Crippen LogP contribution >= 0.6 is 11.3 Å². The molecule has 0 spiro atoms. The number of amides is 1. The van der Waals surface area contributed by atoms with Crippen LogP contribution < -0.4 is 14.8 Å². The third-order valence-corrected chi connectivity index (χ3v) is 5.68. The Balaban J connectivity index is 1.63. The van der Waals surface area contributed by atoms with E-state index in [0.717, 1.165) is 16.1 Å². The zero-order chi connectivity index (χ0) is 22.1. The second-order valence-corrected chi connectivity index (χ2v) is 7.84. The van der Waals surface area contributed by atoms with Crippen LogP contribution in [0, 0.1) is 17.0 Å². The summed E-state index contributed by atoms with van der Waals surface area (Å²) in [5.41, 5.74) is 2.41. The molecule has 0 bridgehead atoms. The lowest BCUT2D eigenvalue weighted by Gasteiger charge is -2.08. The molecule has 4 aromatic rings. The topological polar surface area (TPSA) is 119 Å². The number of nitrogens with zero attached hydrogens (tertiary/aromatic N) is 2. The maximum atomic E-state index is 12.8. The molecule has 2 heterocycles. The number of ether oxygens (including phenoxy) is 2. The van der Waals surface area contributed by atoms with E-state index in [0.29, 0.717) is 33.1 Å². The zero-order valence-electron chi connectivity index (χ0n) is 16.9. The lowest BCUT2D eigenvalue weighted by molar-refractivity contribution is -0.384. The first-order valence-electron chi connectivity index (χ1n) is 9.18. The number of nitro benzene ring substituents is 1. The van der Waals surface area contributed by atoms with Crippen molar-refractivity contribution in [2.75, 3.05) is 19.5 Å². The summed E-state index contributed by atoms with van der Waals surface area (Å²) in [5.74, 6) is 0.791. The van der Waals surface area contributed by atoms with Gasteiger partial charge in [0.2, 0.25) is 0 Å². The number of aromatic nitrogens is 2. The third-order valence-electron chi connectivity index (χ3n) is 4.79. The number of carbonyl (C=O) groups is 1. The summed E-state index contributed by atoms with van der Waals surface area (Å²) in [6.45, 7) is 1.91. The van der Waals surface area contributed by atoms with Gasteiger partial charge in [-0.25, -0.2) is 4.98 Å². The molecule has 158 valence electrons. The van der Waals surface area contributed by atoms with Gasteiger partial charge < -0.3 is 14.5 Å². The summed E-state index contributed by atoms with van der Waals surface area (Å²) >= 11 is 1.34. The molecule has 31 heavy (non-hydrogen) atoms. The average Bonchev–Trinajstić information content (AvgIpc) is 3.35. The number of nitro groups is 1.